The van der Waals surface area contributed by atoms with Crippen LogP contribution in [0.3, 0.4) is 0 Å². The van der Waals surface area contributed by atoms with Crippen LogP contribution in [-0.2, 0) is 9.84 Å². The van der Waals surface area contributed by atoms with E-state index in [2.05, 4.69) is 6.92 Å². The SMILES string of the molecule is CCCCCCCCCCCCC1(O)CCS(=O)(=O)C1. The first-order valence-electron chi connectivity index (χ1n) is 8.40. The molecule has 0 aromatic heterocycles. The van der Waals surface area contributed by atoms with E-state index in [0.29, 0.717) is 12.8 Å². The highest BCUT2D eigenvalue weighted by molar-refractivity contribution is 7.91. The van der Waals surface area contributed by atoms with Crippen molar-refractivity contribution in [2.75, 3.05) is 11.5 Å². The molecule has 1 rings (SSSR count). The van der Waals surface area contributed by atoms with Gasteiger partial charge in [-0.05, 0) is 12.8 Å². The Morgan fingerprint density at radius 2 is 1.40 bits per heavy atom. The number of sulfone groups is 1. The molecule has 120 valence electrons. The summed E-state index contributed by atoms with van der Waals surface area (Å²) in [6.07, 6.45) is 13.8. The van der Waals surface area contributed by atoms with E-state index < -0.39 is 15.4 Å². The van der Waals surface area contributed by atoms with Crippen molar-refractivity contribution in [3.05, 3.63) is 0 Å². The van der Waals surface area contributed by atoms with E-state index in [-0.39, 0.29) is 11.5 Å². The average Bonchev–Trinajstić information content (AvgIpc) is 2.66. The Bertz CT molecular complexity index is 351. The summed E-state index contributed by atoms with van der Waals surface area (Å²) in [5.74, 6) is 0.151. The lowest BCUT2D eigenvalue weighted by atomic mass is 9.95. The molecule has 1 atom stereocenters. The highest BCUT2D eigenvalue weighted by Gasteiger charge is 2.39. The summed E-state index contributed by atoms with van der Waals surface area (Å²) in [5, 5.41) is 10.2. The molecule has 1 saturated heterocycles. The van der Waals surface area contributed by atoms with Gasteiger partial charge in [-0.2, -0.15) is 0 Å². The van der Waals surface area contributed by atoms with Crippen molar-refractivity contribution in [3.63, 3.8) is 0 Å². The minimum Gasteiger partial charge on any atom is -0.389 e. The van der Waals surface area contributed by atoms with Gasteiger partial charge in [0, 0.05) is 0 Å². The fourth-order valence-corrected chi connectivity index (χ4v) is 4.98. The molecule has 0 radical (unpaired) electrons. The number of hydrogen-bond acceptors (Lipinski definition) is 3. The lowest BCUT2D eigenvalue weighted by molar-refractivity contribution is 0.0556. The lowest BCUT2D eigenvalue weighted by Crippen LogP contribution is -2.29. The predicted molar refractivity (Wildman–Crippen MR) is 84.7 cm³/mol. The Morgan fingerprint density at radius 3 is 1.85 bits per heavy atom. The van der Waals surface area contributed by atoms with Gasteiger partial charge < -0.3 is 5.11 Å². The summed E-state index contributed by atoms with van der Waals surface area (Å²) in [5.41, 5.74) is -0.918. The van der Waals surface area contributed by atoms with Crippen LogP contribution in [0.5, 0.6) is 0 Å². The van der Waals surface area contributed by atoms with Crippen LogP contribution in [0.2, 0.25) is 0 Å². The van der Waals surface area contributed by atoms with E-state index in [4.69, 9.17) is 0 Å². The summed E-state index contributed by atoms with van der Waals surface area (Å²) >= 11 is 0. The summed E-state index contributed by atoms with van der Waals surface area (Å²) in [4.78, 5) is 0. The molecule has 0 aliphatic carbocycles. The zero-order valence-electron chi connectivity index (χ0n) is 13.1. The van der Waals surface area contributed by atoms with E-state index in [1.54, 1.807) is 0 Å². The van der Waals surface area contributed by atoms with E-state index in [0.717, 1.165) is 12.8 Å². The zero-order valence-corrected chi connectivity index (χ0v) is 13.9. The Morgan fingerprint density at radius 1 is 0.900 bits per heavy atom. The van der Waals surface area contributed by atoms with Gasteiger partial charge in [-0.25, -0.2) is 8.42 Å². The Kier molecular flexibility index (Phi) is 8.11. The molecule has 0 aromatic rings. The molecule has 3 nitrogen and oxygen atoms in total. The first-order valence-corrected chi connectivity index (χ1v) is 10.2. The van der Waals surface area contributed by atoms with Gasteiger partial charge in [0.15, 0.2) is 9.84 Å². The molecule has 1 fully saturated rings. The molecular formula is C16H32O3S. The highest BCUT2D eigenvalue weighted by Crippen LogP contribution is 2.28. The number of aliphatic hydroxyl groups is 1. The number of rotatable bonds is 11. The maximum Gasteiger partial charge on any atom is 0.153 e. The predicted octanol–water partition coefficient (Wildman–Crippen LogP) is 3.85. The molecule has 1 unspecified atom stereocenters. The molecule has 0 aromatic carbocycles. The first-order chi connectivity index (χ1) is 9.47. The summed E-state index contributed by atoms with van der Waals surface area (Å²) in [6.45, 7) is 2.24. The van der Waals surface area contributed by atoms with Crippen molar-refractivity contribution < 1.29 is 13.5 Å². The van der Waals surface area contributed by atoms with E-state index in [1.807, 2.05) is 0 Å². The molecule has 20 heavy (non-hydrogen) atoms. The van der Waals surface area contributed by atoms with Gasteiger partial charge >= 0.3 is 0 Å². The van der Waals surface area contributed by atoms with Crippen LogP contribution in [0.25, 0.3) is 0 Å². The standard InChI is InChI=1S/C16H32O3S/c1-2-3-4-5-6-7-8-9-10-11-12-16(17)13-14-20(18,19)15-16/h17H,2-15H2,1H3. The second-order valence-corrected chi connectivity index (χ2v) is 8.68. The van der Waals surface area contributed by atoms with Gasteiger partial charge in [-0.3, -0.25) is 0 Å². The third-order valence-corrected chi connectivity index (χ3v) is 6.17. The molecule has 1 heterocycles. The third kappa shape index (κ3) is 7.63. The molecule has 1 aliphatic rings. The first kappa shape index (κ1) is 18.0. The second-order valence-electron chi connectivity index (χ2n) is 6.50. The highest BCUT2D eigenvalue weighted by atomic mass is 32.2. The molecule has 0 spiro atoms. The molecule has 1 aliphatic heterocycles. The van der Waals surface area contributed by atoms with Crippen LogP contribution in [0, 0.1) is 0 Å². The quantitative estimate of drug-likeness (QED) is 0.590. The van der Waals surface area contributed by atoms with Gasteiger partial charge in [0.1, 0.15) is 0 Å². The summed E-state index contributed by atoms with van der Waals surface area (Å²) in [7, 11) is -2.97. The van der Waals surface area contributed by atoms with Crippen LogP contribution in [0.15, 0.2) is 0 Å². The van der Waals surface area contributed by atoms with Crippen LogP contribution in [0.4, 0.5) is 0 Å². The van der Waals surface area contributed by atoms with Crippen molar-refractivity contribution in [2.45, 2.75) is 89.6 Å². The van der Waals surface area contributed by atoms with Crippen molar-refractivity contribution in [1.29, 1.82) is 0 Å². The normalized spacial score (nSPS) is 25.1. The molecule has 1 N–H and O–H groups in total. The van der Waals surface area contributed by atoms with Crippen molar-refractivity contribution >= 4 is 9.84 Å². The number of hydrogen-bond donors (Lipinski definition) is 1. The van der Waals surface area contributed by atoms with E-state index in [9.17, 15) is 13.5 Å². The van der Waals surface area contributed by atoms with E-state index >= 15 is 0 Å². The molecule has 4 heteroatoms. The maximum atomic E-state index is 11.4. The fourth-order valence-electron chi connectivity index (χ4n) is 3.04. The van der Waals surface area contributed by atoms with Crippen LogP contribution in [0.1, 0.15) is 84.0 Å². The Hall–Kier alpha value is -0.0900. The van der Waals surface area contributed by atoms with Crippen molar-refractivity contribution in [2.24, 2.45) is 0 Å². The zero-order chi connectivity index (χ0) is 14.9. The van der Waals surface area contributed by atoms with Crippen molar-refractivity contribution in [3.8, 4) is 0 Å². The molecule has 0 bridgehead atoms. The van der Waals surface area contributed by atoms with E-state index in [1.165, 1.54) is 51.4 Å². The van der Waals surface area contributed by atoms with Gasteiger partial charge in [0.2, 0.25) is 0 Å². The van der Waals surface area contributed by atoms with Crippen molar-refractivity contribution in [1.82, 2.24) is 0 Å². The Labute approximate surface area is 125 Å². The lowest BCUT2D eigenvalue weighted by Gasteiger charge is -2.20. The fraction of sp³-hybridized carbons (Fsp3) is 1.00. The molecular weight excluding hydrogens is 272 g/mol. The third-order valence-electron chi connectivity index (χ3n) is 4.36. The molecule has 0 saturated carbocycles. The minimum absolute atomic E-state index is 0.0164. The number of unbranched alkanes of at least 4 members (excludes halogenated alkanes) is 9. The average molecular weight is 304 g/mol. The second kappa shape index (κ2) is 9.04. The largest absolute Gasteiger partial charge is 0.389 e. The van der Waals surface area contributed by atoms with Crippen LogP contribution >= 0.6 is 0 Å². The monoisotopic (exact) mass is 304 g/mol. The topological polar surface area (TPSA) is 54.4 Å². The van der Waals surface area contributed by atoms with Crippen LogP contribution in [-0.4, -0.2) is 30.6 Å². The molecule has 0 amide bonds. The van der Waals surface area contributed by atoms with Gasteiger partial charge in [0.25, 0.3) is 0 Å². The van der Waals surface area contributed by atoms with Gasteiger partial charge in [0.05, 0.1) is 17.1 Å². The van der Waals surface area contributed by atoms with Crippen LogP contribution < -0.4 is 0 Å². The summed E-state index contributed by atoms with van der Waals surface area (Å²) < 4.78 is 22.7. The smallest absolute Gasteiger partial charge is 0.153 e. The summed E-state index contributed by atoms with van der Waals surface area (Å²) in [6, 6.07) is 0. The van der Waals surface area contributed by atoms with Gasteiger partial charge in [-0.15, -0.1) is 0 Å². The van der Waals surface area contributed by atoms with Gasteiger partial charge in [-0.1, -0.05) is 71.1 Å². The minimum atomic E-state index is -2.97. The maximum absolute atomic E-state index is 11.4. The Balaban J connectivity index is 1.93.